The van der Waals surface area contributed by atoms with Gasteiger partial charge in [-0.25, -0.2) is 13.5 Å². The number of nitrogens with one attached hydrogen (secondary N) is 1. The second kappa shape index (κ2) is 8.13. The Morgan fingerprint density at radius 2 is 1.83 bits per heavy atom. The van der Waals surface area contributed by atoms with Crippen LogP contribution < -0.4 is 10.1 Å². The Kier molecular flexibility index (Phi) is 5.77. The maximum absolute atomic E-state index is 14.9. The van der Waals surface area contributed by atoms with Gasteiger partial charge >= 0.3 is 6.61 Å². The smallest absolute Gasteiger partial charge is 0.387 e. The van der Waals surface area contributed by atoms with Gasteiger partial charge in [0.1, 0.15) is 11.3 Å². The lowest BCUT2D eigenvalue weighted by atomic mass is 10.1. The van der Waals surface area contributed by atoms with E-state index in [0.29, 0.717) is 0 Å². The summed E-state index contributed by atoms with van der Waals surface area (Å²) in [4.78, 5) is 12.5. The number of benzene rings is 2. The van der Waals surface area contributed by atoms with E-state index in [1.54, 1.807) is 0 Å². The Hall–Kier alpha value is -3.43. The third kappa shape index (κ3) is 4.58. The van der Waals surface area contributed by atoms with Gasteiger partial charge in [0.15, 0.2) is 0 Å². The highest BCUT2D eigenvalue weighted by molar-refractivity contribution is 6.05. The molecule has 2 aromatic carbocycles. The van der Waals surface area contributed by atoms with Crippen molar-refractivity contribution in [2.75, 3.05) is 5.32 Å². The summed E-state index contributed by atoms with van der Waals surface area (Å²) in [5.74, 6) is -5.09. The summed E-state index contributed by atoms with van der Waals surface area (Å²) in [6.45, 7) is -0.875. The SMILES string of the molecule is Cc1nn(-c2ccc(OC(F)F)cc2)c(F)c1C(=O)Nc1cccc(C(C)(F)F)c1. The summed E-state index contributed by atoms with van der Waals surface area (Å²) in [5, 5.41) is 6.34. The summed E-state index contributed by atoms with van der Waals surface area (Å²) in [6, 6.07) is 10.0. The van der Waals surface area contributed by atoms with E-state index in [2.05, 4.69) is 15.2 Å². The molecule has 0 spiro atoms. The molecule has 1 N–H and O–H groups in total. The first kappa shape index (κ1) is 21.3. The molecule has 0 saturated heterocycles. The fourth-order valence-electron chi connectivity index (χ4n) is 2.76. The molecule has 3 aromatic rings. The number of ether oxygens (including phenoxy) is 1. The summed E-state index contributed by atoms with van der Waals surface area (Å²) >= 11 is 0. The van der Waals surface area contributed by atoms with E-state index in [1.807, 2.05) is 0 Å². The molecule has 1 aromatic heterocycles. The maximum atomic E-state index is 14.9. The molecule has 30 heavy (non-hydrogen) atoms. The van der Waals surface area contributed by atoms with Crippen LogP contribution in [0.15, 0.2) is 48.5 Å². The molecule has 0 bridgehead atoms. The van der Waals surface area contributed by atoms with Crippen molar-refractivity contribution in [1.29, 1.82) is 0 Å². The molecule has 0 unspecified atom stereocenters. The van der Waals surface area contributed by atoms with Crippen LogP contribution in [0.3, 0.4) is 0 Å². The summed E-state index contributed by atoms with van der Waals surface area (Å²) in [5.41, 5.74) is -0.395. The van der Waals surface area contributed by atoms with E-state index in [-0.39, 0.29) is 33.9 Å². The zero-order chi connectivity index (χ0) is 22.1. The molecule has 1 amide bonds. The number of rotatable bonds is 6. The predicted molar refractivity (Wildman–Crippen MR) is 98.9 cm³/mol. The van der Waals surface area contributed by atoms with Gasteiger partial charge in [-0.15, -0.1) is 0 Å². The third-order valence-corrected chi connectivity index (χ3v) is 4.16. The van der Waals surface area contributed by atoms with Gasteiger partial charge in [-0.1, -0.05) is 12.1 Å². The van der Waals surface area contributed by atoms with Crippen LogP contribution in [0.5, 0.6) is 5.75 Å². The quantitative estimate of drug-likeness (QED) is 0.547. The van der Waals surface area contributed by atoms with Crippen molar-refractivity contribution in [1.82, 2.24) is 9.78 Å². The highest BCUT2D eigenvalue weighted by Crippen LogP contribution is 2.29. The Bertz CT molecular complexity index is 1060. The van der Waals surface area contributed by atoms with E-state index < -0.39 is 24.4 Å². The monoisotopic (exact) mass is 425 g/mol. The maximum Gasteiger partial charge on any atom is 0.387 e. The molecule has 5 nitrogen and oxygen atoms in total. The molecule has 3 rings (SSSR count). The first-order chi connectivity index (χ1) is 14.1. The number of aryl methyl sites for hydroxylation is 1. The van der Waals surface area contributed by atoms with Gasteiger partial charge in [-0.05, 0) is 43.3 Å². The highest BCUT2D eigenvalue weighted by Gasteiger charge is 2.26. The minimum atomic E-state index is -3.10. The van der Waals surface area contributed by atoms with Crippen molar-refractivity contribution < 1.29 is 31.5 Å². The van der Waals surface area contributed by atoms with Crippen LogP contribution in [0, 0.1) is 12.9 Å². The fourth-order valence-corrected chi connectivity index (χ4v) is 2.76. The van der Waals surface area contributed by atoms with Gasteiger partial charge in [0.2, 0.25) is 5.95 Å². The summed E-state index contributed by atoms with van der Waals surface area (Å²) in [7, 11) is 0. The molecule has 0 aliphatic heterocycles. The lowest BCUT2D eigenvalue weighted by molar-refractivity contribution is -0.0498. The van der Waals surface area contributed by atoms with Crippen LogP contribution in [-0.2, 0) is 5.92 Å². The van der Waals surface area contributed by atoms with Crippen molar-refractivity contribution in [3.63, 3.8) is 0 Å². The number of carbonyl (C=O) groups is 1. The van der Waals surface area contributed by atoms with Gasteiger partial charge in [0, 0.05) is 18.2 Å². The van der Waals surface area contributed by atoms with Gasteiger partial charge in [-0.2, -0.15) is 18.3 Å². The van der Waals surface area contributed by atoms with Crippen LogP contribution in [0.2, 0.25) is 0 Å². The van der Waals surface area contributed by atoms with Crippen LogP contribution in [0.25, 0.3) is 5.69 Å². The lowest BCUT2D eigenvalue weighted by Gasteiger charge is -2.12. The number of hydrogen-bond acceptors (Lipinski definition) is 3. The number of carbonyl (C=O) groups excluding carboxylic acids is 1. The number of anilines is 1. The van der Waals surface area contributed by atoms with E-state index in [0.717, 1.165) is 17.7 Å². The summed E-state index contributed by atoms with van der Waals surface area (Å²) < 4.78 is 71.4. The van der Waals surface area contributed by atoms with Crippen molar-refractivity contribution in [2.24, 2.45) is 0 Å². The molecule has 0 fully saturated rings. The molecule has 0 atom stereocenters. The number of alkyl halides is 4. The number of aromatic nitrogens is 2. The average Bonchev–Trinajstić information content (AvgIpc) is 2.95. The Morgan fingerprint density at radius 1 is 1.17 bits per heavy atom. The van der Waals surface area contributed by atoms with E-state index in [1.165, 1.54) is 49.4 Å². The Balaban J connectivity index is 1.86. The normalized spacial score (nSPS) is 11.6. The molecule has 0 aliphatic rings. The number of amides is 1. The van der Waals surface area contributed by atoms with E-state index in [4.69, 9.17) is 0 Å². The number of hydrogen-bond donors (Lipinski definition) is 1. The number of halogens is 5. The third-order valence-electron chi connectivity index (χ3n) is 4.16. The zero-order valence-corrected chi connectivity index (χ0v) is 15.8. The first-order valence-corrected chi connectivity index (χ1v) is 8.66. The highest BCUT2D eigenvalue weighted by atomic mass is 19.3. The molecule has 10 heteroatoms. The van der Waals surface area contributed by atoms with Crippen LogP contribution >= 0.6 is 0 Å². The van der Waals surface area contributed by atoms with Crippen LogP contribution in [0.4, 0.5) is 27.6 Å². The van der Waals surface area contributed by atoms with E-state index in [9.17, 15) is 26.7 Å². The largest absolute Gasteiger partial charge is 0.435 e. The molecule has 1 heterocycles. The minimum Gasteiger partial charge on any atom is -0.435 e. The van der Waals surface area contributed by atoms with Crippen molar-refractivity contribution >= 4 is 11.6 Å². The number of nitrogens with zero attached hydrogens (tertiary/aromatic N) is 2. The van der Waals surface area contributed by atoms with E-state index >= 15 is 0 Å². The average molecular weight is 425 g/mol. The van der Waals surface area contributed by atoms with Crippen molar-refractivity contribution in [3.8, 4) is 11.4 Å². The van der Waals surface area contributed by atoms with Crippen LogP contribution in [-0.4, -0.2) is 22.3 Å². The second-order valence-electron chi connectivity index (χ2n) is 6.46. The summed E-state index contributed by atoms with van der Waals surface area (Å²) in [6.07, 6.45) is 0. The van der Waals surface area contributed by atoms with Gasteiger partial charge in [-0.3, -0.25) is 4.79 Å². The fraction of sp³-hybridized carbons (Fsp3) is 0.200. The first-order valence-electron chi connectivity index (χ1n) is 8.66. The van der Waals surface area contributed by atoms with Gasteiger partial charge in [0.25, 0.3) is 11.8 Å². The predicted octanol–water partition coefficient (Wildman–Crippen LogP) is 5.29. The zero-order valence-electron chi connectivity index (χ0n) is 15.8. The lowest BCUT2D eigenvalue weighted by Crippen LogP contribution is -2.15. The molecular formula is C20H16F5N3O2. The second-order valence-corrected chi connectivity index (χ2v) is 6.46. The molecule has 158 valence electrons. The Morgan fingerprint density at radius 3 is 2.43 bits per heavy atom. The molecule has 0 saturated carbocycles. The standard InChI is InChI=1S/C20H16F5N3O2/c1-11-16(18(29)26-13-5-3-4-12(10-13)20(2,24)25)17(21)28(27-11)14-6-8-15(9-7-14)30-19(22)23/h3-10,19H,1-2H3,(H,26,29). The van der Waals surface area contributed by atoms with Crippen LogP contribution in [0.1, 0.15) is 28.5 Å². The van der Waals surface area contributed by atoms with Crippen molar-refractivity contribution in [2.45, 2.75) is 26.4 Å². The Labute approximate surface area is 168 Å². The van der Waals surface area contributed by atoms with Crippen molar-refractivity contribution in [3.05, 3.63) is 71.3 Å². The molecule has 0 radical (unpaired) electrons. The molecular weight excluding hydrogens is 409 g/mol. The van der Waals surface area contributed by atoms with Gasteiger partial charge < -0.3 is 10.1 Å². The molecule has 0 aliphatic carbocycles. The topological polar surface area (TPSA) is 56.2 Å². The minimum absolute atomic E-state index is 0.0508. The van der Waals surface area contributed by atoms with Gasteiger partial charge in [0.05, 0.1) is 11.4 Å².